The van der Waals surface area contributed by atoms with Crippen molar-refractivity contribution in [3.05, 3.63) is 29.8 Å². The molecule has 0 saturated carbocycles. The van der Waals surface area contributed by atoms with Crippen LogP contribution in [0, 0.1) is 0 Å². The summed E-state index contributed by atoms with van der Waals surface area (Å²) in [6.07, 6.45) is 2.79. The maximum Gasteiger partial charge on any atom is 1.00 e. The first-order valence-corrected chi connectivity index (χ1v) is 6.21. The van der Waals surface area contributed by atoms with Crippen molar-refractivity contribution in [2.45, 2.75) is 31.1 Å². The van der Waals surface area contributed by atoms with E-state index in [1.165, 1.54) is 0 Å². The first kappa shape index (κ1) is 15.8. The summed E-state index contributed by atoms with van der Waals surface area (Å²) in [5.74, 6) is 0. The number of sulfonamides is 1. The average molecular weight is 253 g/mol. The average Bonchev–Trinajstić information content (AvgIpc) is 2.14. The van der Waals surface area contributed by atoms with Crippen molar-refractivity contribution in [1.29, 1.82) is 0 Å². The molecule has 0 heterocycles. The van der Waals surface area contributed by atoms with Crippen LogP contribution in [0.25, 0.3) is 0 Å². The summed E-state index contributed by atoms with van der Waals surface area (Å²) in [5.41, 5.74) is 0.817. The molecule has 0 aliphatic heterocycles. The van der Waals surface area contributed by atoms with Gasteiger partial charge in [-0.05, 0) is 24.5 Å². The van der Waals surface area contributed by atoms with Crippen molar-refractivity contribution >= 4 is 10.0 Å². The molecule has 15 heavy (non-hydrogen) atoms. The number of hydrogen-bond donors (Lipinski definition) is 1. The van der Waals surface area contributed by atoms with E-state index in [0.29, 0.717) is 0 Å². The van der Waals surface area contributed by atoms with Crippen molar-refractivity contribution in [1.82, 2.24) is 0 Å². The van der Waals surface area contributed by atoms with Gasteiger partial charge in [0.2, 0.25) is 10.0 Å². The van der Waals surface area contributed by atoms with Crippen LogP contribution < -0.4 is 56.5 Å². The summed E-state index contributed by atoms with van der Waals surface area (Å²) in [6.45, 7) is 2.07. The van der Waals surface area contributed by atoms with Crippen molar-refractivity contribution < 1.29 is 61.2 Å². The number of primary sulfonamides is 1. The van der Waals surface area contributed by atoms with Crippen molar-refractivity contribution in [3.8, 4) is 0 Å². The number of benzene rings is 1. The largest absolute Gasteiger partial charge is 1.00 e. The molecular weight excluding hydrogens is 237 g/mol. The molecule has 0 aliphatic carbocycles. The fourth-order valence-electron chi connectivity index (χ4n) is 1.36. The molecule has 0 bridgehead atoms. The summed E-state index contributed by atoms with van der Waals surface area (Å²) in [7, 11) is -3.56. The Kier molecular flexibility index (Phi) is 7.53. The molecule has 0 radical (unpaired) electrons. The Bertz CT molecular complexity index is 409. The van der Waals surface area contributed by atoms with E-state index in [0.717, 1.165) is 24.8 Å². The van der Waals surface area contributed by atoms with E-state index in [2.05, 4.69) is 6.92 Å². The van der Waals surface area contributed by atoms with Gasteiger partial charge in [0.15, 0.2) is 0 Å². The maximum absolute atomic E-state index is 11.2. The molecule has 5 heteroatoms. The Hall–Kier alpha value is 0.766. The van der Waals surface area contributed by atoms with Gasteiger partial charge in [0.1, 0.15) is 0 Å². The van der Waals surface area contributed by atoms with E-state index < -0.39 is 10.0 Å². The van der Waals surface area contributed by atoms with Gasteiger partial charge >= 0.3 is 51.4 Å². The van der Waals surface area contributed by atoms with Crippen LogP contribution in [-0.4, -0.2) is 8.42 Å². The quantitative estimate of drug-likeness (QED) is 0.685. The Morgan fingerprint density at radius 1 is 1.33 bits per heavy atom. The second kappa shape index (κ2) is 7.16. The number of unbranched alkanes of at least 4 members (excludes halogenated alkanes) is 1. The number of nitrogens with two attached hydrogens (primary N) is 1. The predicted molar refractivity (Wildman–Crippen MR) is 57.5 cm³/mol. The molecular formula is C10H16KNO2S. The van der Waals surface area contributed by atoms with Crippen LogP contribution in [0.2, 0.25) is 0 Å². The Labute approximate surface area is 135 Å². The Morgan fingerprint density at radius 2 is 1.93 bits per heavy atom. The molecule has 0 amide bonds. The topological polar surface area (TPSA) is 60.2 Å². The van der Waals surface area contributed by atoms with Gasteiger partial charge in [0.05, 0.1) is 4.90 Å². The van der Waals surface area contributed by atoms with Crippen LogP contribution >= 0.6 is 0 Å². The first-order valence-electron chi connectivity index (χ1n) is 4.66. The molecule has 80 valence electrons. The van der Waals surface area contributed by atoms with E-state index >= 15 is 0 Å². The molecule has 0 fully saturated rings. The third-order valence-electron chi connectivity index (χ3n) is 2.08. The summed E-state index contributed by atoms with van der Waals surface area (Å²) in [4.78, 5) is 0.258. The van der Waals surface area contributed by atoms with Gasteiger partial charge in [0, 0.05) is 0 Å². The van der Waals surface area contributed by atoms with E-state index in [-0.39, 0.29) is 57.7 Å². The molecule has 3 nitrogen and oxygen atoms in total. The van der Waals surface area contributed by atoms with Crippen LogP contribution in [0.4, 0.5) is 0 Å². The van der Waals surface area contributed by atoms with E-state index in [1.54, 1.807) is 12.1 Å². The van der Waals surface area contributed by atoms with Crippen LogP contribution in [0.1, 0.15) is 26.8 Å². The predicted octanol–water partition coefficient (Wildman–Crippen LogP) is -1.21. The second-order valence-corrected chi connectivity index (χ2v) is 4.79. The Morgan fingerprint density at radius 3 is 2.47 bits per heavy atom. The monoisotopic (exact) mass is 253 g/mol. The summed E-state index contributed by atoms with van der Waals surface area (Å²) in [5, 5.41) is 5.10. The van der Waals surface area contributed by atoms with Gasteiger partial charge in [0.25, 0.3) is 0 Å². The molecule has 0 spiro atoms. The van der Waals surface area contributed by atoms with Crippen molar-refractivity contribution in [3.63, 3.8) is 0 Å². The maximum atomic E-state index is 11.2. The van der Waals surface area contributed by atoms with E-state index in [9.17, 15) is 8.42 Å². The minimum absolute atomic E-state index is 0. The number of aryl methyl sites for hydroxylation is 1. The van der Waals surface area contributed by atoms with Crippen LogP contribution in [-0.2, 0) is 16.4 Å². The fraction of sp³-hybridized carbons (Fsp3) is 0.400. The molecule has 2 N–H and O–H groups in total. The molecule has 0 unspecified atom stereocenters. The number of hydrogen-bond acceptors (Lipinski definition) is 2. The van der Waals surface area contributed by atoms with Crippen molar-refractivity contribution in [2.75, 3.05) is 0 Å². The molecule has 1 rings (SSSR count). The summed E-state index contributed by atoms with van der Waals surface area (Å²) < 4.78 is 22.4. The van der Waals surface area contributed by atoms with E-state index in [1.807, 2.05) is 12.1 Å². The molecule has 0 atom stereocenters. The van der Waals surface area contributed by atoms with Gasteiger partial charge in [-0.2, -0.15) is 0 Å². The first-order chi connectivity index (χ1) is 6.55. The van der Waals surface area contributed by atoms with Crippen LogP contribution in [0.3, 0.4) is 0 Å². The van der Waals surface area contributed by atoms with Gasteiger partial charge in [-0.25, -0.2) is 13.6 Å². The number of rotatable bonds is 4. The molecule has 0 aromatic heterocycles. The minimum Gasteiger partial charge on any atom is -1.00 e. The third-order valence-corrected chi connectivity index (χ3v) is 3.09. The zero-order valence-electron chi connectivity index (χ0n) is 10.2. The second-order valence-electron chi connectivity index (χ2n) is 3.26. The third kappa shape index (κ3) is 5.08. The van der Waals surface area contributed by atoms with Gasteiger partial charge in [-0.3, -0.25) is 0 Å². The molecule has 0 aliphatic rings. The zero-order valence-corrected chi connectivity index (χ0v) is 13.2. The van der Waals surface area contributed by atoms with Crippen molar-refractivity contribution in [2.24, 2.45) is 5.14 Å². The normalized spacial score (nSPS) is 10.8. The SMILES string of the molecule is CCCCc1ccccc1S(N)(=O)=O.[H-].[K+]. The van der Waals surface area contributed by atoms with Gasteiger partial charge in [-0.1, -0.05) is 31.5 Å². The molecule has 1 aromatic carbocycles. The summed E-state index contributed by atoms with van der Waals surface area (Å²) >= 11 is 0. The smallest absolute Gasteiger partial charge is 1.00 e. The van der Waals surface area contributed by atoms with Crippen LogP contribution in [0.5, 0.6) is 0 Å². The zero-order chi connectivity index (χ0) is 10.6. The van der Waals surface area contributed by atoms with Gasteiger partial charge < -0.3 is 1.43 Å². The minimum atomic E-state index is -3.56. The van der Waals surface area contributed by atoms with Gasteiger partial charge in [-0.15, -0.1) is 0 Å². The van der Waals surface area contributed by atoms with E-state index in [4.69, 9.17) is 5.14 Å². The Balaban J connectivity index is 0. The molecule has 0 saturated heterocycles. The molecule has 1 aromatic rings. The standard InChI is InChI=1S/C10H15NO2S.K.H/c1-2-3-6-9-7-4-5-8-10(9)14(11,12)13;;/h4-5,7-8H,2-3,6H2,1H3,(H2,11,12,13);;/q;+1;-1. The fourth-order valence-corrected chi connectivity index (χ4v) is 2.16. The van der Waals surface area contributed by atoms with Crippen LogP contribution in [0.15, 0.2) is 29.2 Å². The summed E-state index contributed by atoms with van der Waals surface area (Å²) in [6, 6.07) is 6.89.